The summed E-state index contributed by atoms with van der Waals surface area (Å²) < 4.78 is 2.55. The van der Waals surface area contributed by atoms with Crippen molar-refractivity contribution in [3.8, 4) is 67.5 Å². The first-order valence-electron chi connectivity index (χ1n) is 16.4. The van der Waals surface area contributed by atoms with Crippen LogP contribution in [0.5, 0.6) is 0 Å². The maximum absolute atomic E-state index is 4.98. The lowest BCUT2D eigenvalue weighted by Gasteiger charge is -2.10. The van der Waals surface area contributed by atoms with Crippen LogP contribution in [0.2, 0.25) is 0 Å². The van der Waals surface area contributed by atoms with Crippen molar-refractivity contribution in [3.05, 3.63) is 176 Å². The molecule has 0 spiro atoms. The van der Waals surface area contributed by atoms with Crippen molar-refractivity contribution >= 4 is 31.5 Å². The van der Waals surface area contributed by atoms with Crippen molar-refractivity contribution in [2.24, 2.45) is 0 Å². The van der Waals surface area contributed by atoms with Gasteiger partial charge in [-0.05, 0) is 57.6 Å². The van der Waals surface area contributed by atoms with Gasteiger partial charge in [-0.15, -0.1) is 11.3 Å². The molecule has 0 atom stereocenters. The van der Waals surface area contributed by atoms with E-state index < -0.39 is 0 Å². The average Bonchev–Trinajstić information content (AvgIpc) is 3.57. The quantitative estimate of drug-likeness (QED) is 0.181. The largest absolute Gasteiger partial charge is 0.208 e. The van der Waals surface area contributed by atoms with Crippen molar-refractivity contribution in [1.82, 2.24) is 15.0 Å². The maximum atomic E-state index is 4.98. The fraction of sp³-hybridized carbons (Fsp3) is 0. The third kappa shape index (κ3) is 5.58. The van der Waals surface area contributed by atoms with Crippen LogP contribution in [0.1, 0.15) is 0 Å². The van der Waals surface area contributed by atoms with E-state index in [9.17, 15) is 0 Å². The summed E-state index contributed by atoms with van der Waals surface area (Å²) in [4.78, 5) is 14.8. The van der Waals surface area contributed by atoms with Gasteiger partial charge in [-0.25, -0.2) is 15.0 Å². The number of aromatic nitrogens is 3. The zero-order valence-corrected chi connectivity index (χ0v) is 27.3. The number of fused-ring (bicyclic) bond motifs is 3. The second-order valence-corrected chi connectivity index (χ2v) is 13.1. The molecule has 9 rings (SSSR count). The molecular weight excluding hydrogens is 615 g/mol. The Kier molecular flexibility index (Phi) is 7.34. The van der Waals surface area contributed by atoms with Crippen LogP contribution in [0.15, 0.2) is 176 Å². The van der Waals surface area contributed by atoms with E-state index in [0.29, 0.717) is 17.5 Å². The molecule has 0 aliphatic heterocycles. The molecule has 2 heterocycles. The van der Waals surface area contributed by atoms with Crippen molar-refractivity contribution in [1.29, 1.82) is 0 Å². The van der Waals surface area contributed by atoms with Gasteiger partial charge in [-0.2, -0.15) is 0 Å². The van der Waals surface area contributed by atoms with Gasteiger partial charge < -0.3 is 0 Å². The molecule has 0 saturated carbocycles. The molecule has 0 bridgehead atoms. The molecule has 0 aliphatic rings. The Labute approximate surface area is 288 Å². The van der Waals surface area contributed by atoms with Crippen LogP contribution in [0.4, 0.5) is 0 Å². The van der Waals surface area contributed by atoms with Gasteiger partial charge in [0.1, 0.15) is 0 Å². The van der Waals surface area contributed by atoms with Crippen LogP contribution in [0.3, 0.4) is 0 Å². The third-order valence-corrected chi connectivity index (χ3v) is 10.2. The van der Waals surface area contributed by atoms with E-state index in [1.54, 1.807) is 0 Å². The van der Waals surface area contributed by atoms with E-state index in [1.807, 2.05) is 72.0 Å². The second-order valence-electron chi connectivity index (χ2n) is 12.1. The average molecular weight is 644 g/mol. The zero-order chi connectivity index (χ0) is 32.6. The minimum absolute atomic E-state index is 0.653. The fourth-order valence-electron chi connectivity index (χ4n) is 6.48. The molecule has 0 fully saturated rings. The molecule has 0 aliphatic carbocycles. The van der Waals surface area contributed by atoms with Crippen molar-refractivity contribution < 1.29 is 0 Å². The molecular formula is C45H29N3S. The van der Waals surface area contributed by atoms with Crippen LogP contribution < -0.4 is 0 Å². The molecule has 49 heavy (non-hydrogen) atoms. The minimum Gasteiger partial charge on any atom is -0.208 e. The molecule has 7 aromatic carbocycles. The third-order valence-electron chi connectivity index (χ3n) is 8.93. The topological polar surface area (TPSA) is 38.7 Å². The first-order chi connectivity index (χ1) is 24.3. The molecule has 0 saturated heterocycles. The number of thiophene rings is 1. The summed E-state index contributed by atoms with van der Waals surface area (Å²) in [5.41, 5.74) is 10.1. The highest BCUT2D eigenvalue weighted by Crippen LogP contribution is 2.42. The lowest BCUT2D eigenvalue weighted by Crippen LogP contribution is -2.00. The lowest BCUT2D eigenvalue weighted by atomic mass is 9.97. The van der Waals surface area contributed by atoms with E-state index in [0.717, 1.165) is 22.3 Å². The van der Waals surface area contributed by atoms with Crippen LogP contribution in [-0.4, -0.2) is 15.0 Å². The first kappa shape index (κ1) is 29.0. The van der Waals surface area contributed by atoms with Gasteiger partial charge in [-0.1, -0.05) is 152 Å². The van der Waals surface area contributed by atoms with E-state index in [-0.39, 0.29) is 0 Å². The Morgan fingerprint density at radius 1 is 0.306 bits per heavy atom. The van der Waals surface area contributed by atoms with E-state index >= 15 is 0 Å². The summed E-state index contributed by atoms with van der Waals surface area (Å²) in [7, 11) is 0. The molecule has 0 amide bonds. The summed E-state index contributed by atoms with van der Waals surface area (Å²) >= 11 is 1.85. The molecule has 3 nitrogen and oxygen atoms in total. The molecule has 4 heteroatoms. The van der Waals surface area contributed by atoms with Gasteiger partial charge in [0.15, 0.2) is 17.5 Å². The van der Waals surface area contributed by atoms with Gasteiger partial charge in [0, 0.05) is 36.9 Å². The van der Waals surface area contributed by atoms with Gasteiger partial charge in [0.2, 0.25) is 0 Å². The summed E-state index contributed by atoms with van der Waals surface area (Å²) in [6, 6.07) is 61.7. The Balaban J connectivity index is 1.13. The normalized spacial score (nSPS) is 11.3. The summed E-state index contributed by atoms with van der Waals surface area (Å²) in [6.45, 7) is 0. The van der Waals surface area contributed by atoms with E-state index in [4.69, 9.17) is 15.0 Å². The zero-order valence-electron chi connectivity index (χ0n) is 26.5. The smallest absolute Gasteiger partial charge is 0.164 e. The number of benzene rings is 7. The van der Waals surface area contributed by atoms with Gasteiger partial charge in [0.25, 0.3) is 0 Å². The highest BCUT2D eigenvalue weighted by Gasteiger charge is 2.15. The van der Waals surface area contributed by atoms with Crippen LogP contribution in [-0.2, 0) is 0 Å². The highest BCUT2D eigenvalue weighted by molar-refractivity contribution is 7.26. The highest BCUT2D eigenvalue weighted by atomic mass is 32.1. The van der Waals surface area contributed by atoms with Crippen LogP contribution >= 0.6 is 11.3 Å². The second kappa shape index (κ2) is 12.4. The number of rotatable bonds is 6. The Bertz CT molecular complexity index is 2540. The van der Waals surface area contributed by atoms with Crippen LogP contribution in [0, 0.1) is 0 Å². The van der Waals surface area contributed by atoms with Crippen molar-refractivity contribution in [2.45, 2.75) is 0 Å². The number of nitrogens with zero attached hydrogens (tertiary/aromatic N) is 3. The molecule has 0 radical (unpaired) electrons. The fourth-order valence-corrected chi connectivity index (χ4v) is 7.70. The molecule has 2 aromatic heterocycles. The molecule has 0 unspecified atom stereocenters. The summed E-state index contributed by atoms with van der Waals surface area (Å²) in [6.07, 6.45) is 0. The maximum Gasteiger partial charge on any atom is 0.164 e. The Hall–Kier alpha value is -6.23. The summed E-state index contributed by atoms with van der Waals surface area (Å²) in [5.74, 6) is 1.97. The van der Waals surface area contributed by atoms with Gasteiger partial charge >= 0.3 is 0 Å². The summed E-state index contributed by atoms with van der Waals surface area (Å²) in [5, 5.41) is 2.54. The lowest BCUT2D eigenvalue weighted by molar-refractivity contribution is 1.07. The van der Waals surface area contributed by atoms with E-state index in [2.05, 4.69) is 115 Å². The van der Waals surface area contributed by atoms with E-state index in [1.165, 1.54) is 48.0 Å². The SMILES string of the molecule is c1ccc(-c2cccc(-c3ccc4sc5c(-c6cccc(-c7nc(-c8ccccc8)nc(-c8ccccc8)n7)c6)cccc5c4c3)c2)cc1. The van der Waals surface area contributed by atoms with Gasteiger partial charge in [-0.3, -0.25) is 0 Å². The van der Waals surface area contributed by atoms with Crippen molar-refractivity contribution in [3.63, 3.8) is 0 Å². The number of hydrogen-bond donors (Lipinski definition) is 0. The number of hydrogen-bond acceptors (Lipinski definition) is 4. The molecule has 9 aromatic rings. The molecule has 0 N–H and O–H groups in total. The molecule has 230 valence electrons. The Morgan fingerprint density at radius 2 is 0.776 bits per heavy atom. The standard InChI is InChI=1S/C45H29N3S/c1-4-13-30(14-5-1)33-19-10-20-34(27-33)35-25-26-41-40(29-35)39-24-12-23-38(42(39)49-41)36-21-11-22-37(28-36)45-47-43(31-15-6-2-7-16-31)46-44(48-45)32-17-8-3-9-18-32/h1-29H. The Morgan fingerprint density at radius 3 is 1.43 bits per heavy atom. The predicted molar refractivity (Wildman–Crippen MR) is 205 cm³/mol. The monoisotopic (exact) mass is 643 g/mol. The predicted octanol–water partition coefficient (Wildman–Crippen LogP) is 12.2. The van der Waals surface area contributed by atoms with Gasteiger partial charge in [0.05, 0.1) is 0 Å². The van der Waals surface area contributed by atoms with Crippen LogP contribution in [0.25, 0.3) is 87.7 Å². The minimum atomic E-state index is 0.653. The van der Waals surface area contributed by atoms with Crippen molar-refractivity contribution in [2.75, 3.05) is 0 Å². The first-order valence-corrected chi connectivity index (χ1v) is 17.2.